The molecule has 0 aromatic heterocycles. The van der Waals surface area contributed by atoms with Crippen molar-refractivity contribution in [3.63, 3.8) is 0 Å². The van der Waals surface area contributed by atoms with Crippen LogP contribution in [0.2, 0.25) is 0 Å². The molecule has 6 nitrogen and oxygen atoms in total. The van der Waals surface area contributed by atoms with E-state index in [1.54, 1.807) is 49.6 Å². The maximum Gasteiger partial charge on any atom is 0.264 e. The summed E-state index contributed by atoms with van der Waals surface area (Å²) in [6.45, 7) is 2.31. The summed E-state index contributed by atoms with van der Waals surface area (Å²) >= 11 is 0. The molecule has 0 heterocycles. The highest BCUT2D eigenvalue weighted by atomic mass is 32.2. The number of hydrogen-bond acceptors (Lipinski definition) is 4. The summed E-state index contributed by atoms with van der Waals surface area (Å²) in [5.41, 5.74) is 1.93. The van der Waals surface area contributed by atoms with Gasteiger partial charge in [0, 0.05) is 11.6 Å². The van der Waals surface area contributed by atoms with Crippen molar-refractivity contribution in [2.24, 2.45) is 23.2 Å². The number of sulfonamides is 1. The van der Waals surface area contributed by atoms with Gasteiger partial charge >= 0.3 is 0 Å². The van der Waals surface area contributed by atoms with Crippen LogP contribution in [0.4, 0.5) is 5.69 Å². The lowest BCUT2D eigenvalue weighted by atomic mass is 9.48. The Kier molecular flexibility index (Phi) is 7.11. The van der Waals surface area contributed by atoms with Crippen molar-refractivity contribution in [2.45, 2.75) is 62.9 Å². The average molecular weight is 559 g/mol. The van der Waals surface area contributed by atoms with Gasteiger partial charge in [0.2, 0.25) is 0 Å². The molecule has 0 unspecified atom stereocenters. The zero-order valence-corrected chi connectivity index (χ0v) is 24.1. The van der Waals surface area contributed by atoms with E-state index in [0.717, 1.165) is 23.3 Å². The third-order valence-electron chi connectivity index (χ3n) is 9.57. The van der Waals surface area contributed by atoms with Crippen LogP contribution < -0.4 is 14.4 Å². The number of hydrogen-bond donors (Lipinski definition) is 1. The second-order valence-electron chi connectivity index (χ2n) is 12.2. The minimum atomic E-state index is -3.98. The molecule has 4 bridgehead atoms. The van der Waals surface area contributed by atoms with E-state index in [-0.39, 0.29) is 28.8 Å². The molecular formula is C33H38N2O4S. The largest absolute Gasteiger partial charge is 0.497 e. The molecule has 4 fully saturated rings. The first kappa shape index (κ1) is 26.9. The van der Waals surface area contributed by atoms with E-state index in [1.807, 2.05) is 30.3 Å². The third kappa shape index (κ3) is 5.12. The lowest BCUT2D eigenvalue weighted by Gasteiger charge is -2.59. The molecule has 3 aromatic rings. The molecule has 3 aromatic carbocycles. The summed E-state index contributed by atoms with van der Waals surface area (Å²) in [4.78, 5) is 13.6. The maximum atomic E-state index is 14.1. The Balaban J connectivity index is 1.26. The Morgan fingerprint density at radius 3 is 2.15 bits per heavy atom. The van der Waals surface area contributed by atoms with Gasteiger partial charge in [-0.3, -0.25) is 9.10 Å². The van der Waals surface area contributed by atoms with Crippen molar-refractivity contribution in [3.8, 4) is 5.75 Å². The molecule has 7 heteroatoms. The van der Waals surface area contributed by atoms with E-state index in [2.05, 4.69) is 12.2 Å². The average Bonchev–Trinajstić information content (AvgIpc) is 2.96. The third-order valence-corrected chi connectivity index (χ3v) is 11.3. The van der Waals surface area contributed by atoms with Crippen LogP contribution in [0.5, 0.6) is 5.75 Å². The Morgan fingerprint density at radius 2 is 1.55 bits per heavy atom. The van der Waals surface area contributed by atoms with Gasteiger partial charge in [-0.25, -0.2) is 8.42 Å². The molecule has 0 saturated heterocycles. The Bertz CT molecular complexity index is 1430. The number of rotatable bonds is 9. The number of amides is 1. The van der Waals surface area contributed by atoms with Gasteiger partial charge in [0.1, 0.15) is 5.75 Å². The SMILES string of the molecule is COc1ccc(N(Cc2ccccc2)S(=O)(=O)c2cccc(C(=O)N[C@H](C)C34CC5CC(CC(C5)C3)C4)c2)cc1. The van der Waals surface area contributed by atoms with Gasteiger partial charge in [-0.05, 0) is 117 Å². The van der Waals surface area contributed by atoms with Crippen LogP contribution in [-0.4, -0.2) is 27.5 Å². The first-order valence-corrected chi connectivity index (χ1v) is 15.8. The molecule has 0 spiro atoms. The standard InChI is InChI=1S/C33H38N2O4S/c1-23(33-19-25-15-26(20-33)17-27(16-25)21-33)34-32(36)28-9-6-10-31(18-28)40(37,38)35(22-24-7-4-3-5-8-24)29-11-13-30(39-2)14-12-29/h3-14,18,23,25-27H,15-17,19-22H2,1-2H3,(H,34,36)/t23-,25?,26?,27?,33?/m1/s1. The molecule has 210 valence electrons. The molecular weight excluding hydrogens is 520 g/mol. The van der Waals surface area contributed by atoms with Crippen LogP contribution in [0, 0.1) is 23.2 Å². The Labute approximate surface area is 237 Å². The molecule has 40 heavy (non-hydrogen) atoms. The number of nitrogens with zero attached hydrogens (tertiary/aromatic N) is 1. The van der Waals surface area contributed by atoms with E-state index in [0.29, 0.717) is 17.0 Å². The highest BCUT2D eigenvalue weighted by molar-refractivity contribution is 7.92. The minimum absolute atomic E-state index is 0.0579. The lowest BCUT2D eigenvalue weighted by molar-refractivity contribution is -0.0688. The van der Waals surface area contributed by atoms with Crippen molar-refractivity contribution < 1.29 is 17.9 Å². The molecule has 4 aliphatic carbocycles. The first-order chi connectivity index (χ1) is 19.3. The second kappa shape index (κ2) is 10.6. The number of anilines is 1. The lowest BCUT2D eigenvalue weighted by Crippen LogP contribution is -2.55. The first-order valence-electron chi connectivity index (χ1n) is 14.4. The molecule has 7 rings (SSSR count). The van der Waals surface area contributed by atoms with E-state index >= 15 is 0 Å². The normalized spacial score (nSPS) is 25.8. The molecule has 4 aliphatic rings. The van der Waals surface area contributed by atoms with Crippen LogP contribution in [0.1, 0.15) is 61.4 Å². The zero-order chi connectivity index (χ0) is 27.9. The summed E-state index contributed by atoms with van der Waals surface area (Å²) in [7, 11) is -2.40. The fourth-order valence-electron chi connectivity index (χ4n) is 7.88. The number of methoxy groups -OCH3 is 1. The van der Waals surface area contributed by atoms with Gasteiger partial charge in [-0.1, -0.05) is 36.4 Å². The van der Waals surface area contributed by atoms with Gasteiger partial charge in [0.15, 0.2) is 0 Å². The number of benzene rings is 3. The van der Waals surface area contributed by atoms with Gasteiger partial charge < -0.3 is 10.1 Å². The van der Waals surface area contributed by atoms with Crippen molar-refractivity contribution in [2.75, 3.05) is 11.4 Å². The molecule has 4 saturated carbocycles. The van der Waals surface area contributed by atoms with Gasteiger partial charge in [-0.2, -0.15) is 0 Å². The maximum absolute atomic E-state index is 14.1. The topological polar surface area (TPSA) is 75.7 Å². The second-order valence-corrected chi connectivity index (χ2v) is 14.1. The van der Waals surface area contributed by atoms with E-state index in [4.69, 9.17) is 4.74 Å². The van der Waals surface area contributed by atoms with Crippen LogP contribution >= 0.6 is 0 Å². The molecule has 1 atom stereocenters. The molecule has 1 amide bonds. The van der Waals surface area contributed by atoms with E-state index in [1.165, 1.54) is 48.9 Å². The summed E-state index contributed by atoms with van der Waals surface area (Å²) in [5.74, 6) is 2.83. The molecule has 1 N–H and O–H groups in total. The van der Waals surface area contributed by atoms with Crippen molar-refractivity contribution >= 4 is 21.6 Å². The number of ether oxygens (including phenoxy) is 1. The Morgan fingerprint density at radius 1 is 0.925 bits per heavy atom. The summed E-state index contributed by atoms with van der Waals surface area (Å²) < 4.78 is 34.8. The molecule has 0 aliphatic heterocycles. The highest BCUT2D eigenvalue weighted by Crippen LogP contribution is 2.61. The zero-order valence-electron chi connectivity index (χ0n) is 23.3. The van der Waals surface area contributed by atoms with Gasteiger partial charge in [0.05, 0.1) is 24.2 Å². The van der Waals surface area contributed by atoms with Gasteiger partial charge in [0.25, 0.3) is 15.9 Å². The van der Waals surface area contributed by atoms with Crippen molar-refractivity contribution in [1.82, 2.24) is 5.32 Å². The predicted molar refractivity (Wildman–Crippen MR) is 157 cm³/mol. The van der Waals surface area contributed by atoms with Crippen LogP contribution in [-0.2, 0) is 16.6 Å². The predicted octanol–water partition coefficient (Wildman–Crippen LogP) is 6.43. The quantitative estimate of drug-likeness (QED) is 0.329. The van der Waals surface area contributed by atoms with E-state index < -0.39 is 10.0 Å². The smallest absolute Gasteiger partial charge is 0.264 e. The van der Waals surface area contributed by atoms with Crippen LogP contribution in [0.3, 0.4) is 0 Å². The van der Waals surface area contributed by atoms with Crippen LogP contribution in [0.15, 0.2) is 83.8 Å². The number of nitrogens with one attached hydrogen (secondary N) is 1. The fraction of sp³-hybridized carbons (Fsp3) is 0.424. The summed E-state index contributed by atoms with van der Waals surface area (Å²) in [5, 5.41) is 3.28. The number of carbonyl (C=O) groups is 1. The summed E-state index contributed by atoms with van der Waals surface area (Å²) in [6, 6.07) is 23.0. The highest BCUT2D eigenvalue weighted by Gasteiger charge is 2.53. The monoisotopic (exact) mass is 558 g/mol. The molecule has 0 radical (unpaired) electrons. The number of carbonyl (C=O) groups excluding carboxylic acids is 1. The van der Waals surface area contributed by atoms with Gasteiger partial charge in [-0.15, -0.1) is 0 Å². The van der Waals surface area contributed by atoms with Crippen LogP contribution in [0.25, 0.3) is 0 Å². The fourth-order valence-corrected chi connectivity index (χ4v) is 9.38. The van der Waals surface area contributed by atoms with Crippen molar-refractivity contribution in [1.29, 1.82) is 0 Å². The summed E-state index contributed by atoms with van der Waals surface area (Å²) in [6.07, 6.45) is 7.66. The Hall–Kier alpha value is -3.32. The van der Waals surface area contributed by atoms with E-state index in [9.17, 15) is 13.2 Å². The van der Waals surface area contributed by atoms with Crippen molar-refractivity contribution in [3.05, 3.63) is 90.0 Å². The minimum Gasteiger partial charge on any atom is -0.497 e.